The highest BCUT2D eigenvalue weighted by molar-refractivity contribution is 5.90. The van der Waals surface area contributed by atoms with Gasteiger partial charge in [0.25, 0.3) is 0 Å². The molecule has 0 bridgehead atoms. The van der Waals surface area contributed by atoms with E-state index in [0.717, 1.165) is 0 Å². The monoisotopic (exact) mass is 384 g/mol. The molecule has 1 aliphatic rings. The quantitative estimate of drug-likeness (QED) is 0.522. The van der Waals surface area contributed by atoms with E-state index in [9.17, 15) is 24.9 Å². The van der Waals surface area contributed by atoms with Gasteiger partial charge in [-0.25, -0.2) is 9.59 Å². The van der Waals surface area contributed by atoms with Gasteiger partial charge in [0.2, 0.25) is 0 Å². The van der Waals surface area contributed by atoms with E-state index in [0.29, 0.717) is 0 Å². The molecule has 0 unspecified atom stereocenters. The van der Waals surface area contributed by atoms with Crippen LogP contribution in [0.1, 0.15) is 20.7 Å². The molecule has 0 saturated heterocycles. The highest BCUT2D eigenvalue weighted by Gasteiger charge is 2.50. The van der Waals surface area contributed by atoms with E-state index < -0.39 is 42.5 Å². The lowest BCUT2D eigenvalue weighted by atomic mass is 9.83. The van der Waals surface area contributed by atoms with Gasteiger partial charge in [-0.15, -0.1) is 0 Å². The average Bonchev–Trinajstić information content (AvgIpc) is 2.74. The van der Waals surface area contributed by atoms with Crippen LogP contribution in [-0.2, 0) is 9.47 Å². The largest absolute Gasteiger partial charge is 0.459 e. The van der Waals surface area contributed by atoms with Gasteiger partial charge >= 0.3 is 11.9 Å². The van der Waals surface area contributed by atoms with Gasteiger partial charge < -0.3 is 24.8 Å². The smallest absolute Gasteiger partial charge is 0.338 e. The lowest BCUT2D eigenvalue weighted by Crippen LogP contribution is -2.61. The molecule has 0 fully saturated rings. The van der Waals surface area contributed by atoms with E-state index in [4.69, 9.17) is 9.47 Å². The van der Waals surface area contributed by atoms with Gasteiger partial charge in [-0.3, -0.25) is 0 Å². The van der Waals surface area contributed by atoms with Gasteiger partial charge in [-0.2, -0.15) is 0 Å². The molecule has 0 aromatic heterocycles. The van der Waals surface area contributed by atoms with Crippen LogP contribution in [0.15, 0.2) is 72.8 Å². The zero-order valence-electron chi connectivity index (χ0n) is 14.8. The second kappa shape index (κ2) is 8.35. The first-order chi connectivity index (χ1) is 13.4. The van der Waals surface area contributed by atoms with Gasteiger partial charge in [0, 0.05) is 0 Å². The minimum absolute atomic E-state index is 0.258. The number of esters is 2. The molecule has 7 heteroatoms. The van der Waals surface area contributed by atoms with Crippen molar-refractivity contribution < 1.29 is 34.4 Å². The molecule has 0 amide bonds. The number of carbonyl (C=O) groups excluding carboxylic acids is 2. The lowest BCUT2D eigenvalue weighted by molar-refractivity contribution is -0.183. The molecule has 0 aliphatic heterocycles. The van der Waals surface area contributed by atoms with Crippen molar-refractivity contribution in [1.82, 2.24) is 0 Å². The fourth-order valence-electron chi connectivity index (χ4n) is 2.83. The molecule has 4 atom stereocenters. The lowest BCUT2D eigenvalue weighted by Gasteiger charge is -2.40. The first kappa shape index (κ1) is 19.8. The van der Waals surface area contributed by atoms with Crippen molar-refractivity contribution in [2.75, 3.05) is 6.61 Å². The summed E-state index contributed by atoms with van der Waals surface area (Å²) in [5.41, 5.74) is -1.71. The van der Waals surface area contributed by atoms with Crippen LogP contribution in [0.5, 0.6) is 0 Å². The Bertz CT molecular complexity index is 850. The molecule has 0 radical (unpaired) electrons. The molecule has 1 aliphatic carbocycles. The third kappa shape index (κ3) is 4.12. The van der Waals surface area contributed by atoms with Gasteiger partial charge in [-0.1, -0.05) is 42.5 Å². The number of ether oxygens (including phenoxy) is 2. The fourth-order valence-corrected chi connectivity index (χ4v) is 2.83. The number of hydrogen-bond donors (Lipinski definition) is 3. The molecule has 146 valence electrons. The first-order valence-electron chi connectivity index (χ1n) is 8.67. The maximum Gasteiger partial charge on any atom is 0.338 e. The maximum absolute atomic E-state index is 12.2. The average molecular weight is 384 g/mol. The Morgan fingerprint density at radius 1 is 0.857 bits per heavy atom. The summed E-state index contributed by atoms with van der Waals surface area (Å²) in [7, 11) is 0. The number of benzene rings is 2. The molecule has 0 heterocycles. The van der Waals surface area contributed by atoms with E-state index in [1.807, 2.05) is 0 Å². The molecular formula is C21H20O7. The van der Waals surface area contributed by atoms with E-state index in [1.54, 1.807) is 48.5 Å². The zero-order valence-corrected chi connectivity index (χ0v) is 14.8. The van der Waals surface area contributed by atoms with Crippen LogP contribution in [0.2, 0.25) is 0 Å². The van der Waals surface area contributed by atoms with E-state index >= 15 is 0 Å². The molecular weight excluding hydrogens is 364 g/mol. The molecule has 0 spiro atoms. The summed E-state index contributed by atoms with van der Waals surface area (Å²) in [5, 5.41) is 31.4. The summed E-state index contributed by atoms with van der Waals surface area (Å²) in [6.45, 7) is -0.688. The van der Waals surface area contributed by atoms with Crippen molar-refractivity contribution in [1.29, 1.82) is 0 Å². The molecule has 2 aromatic carbocycles. The maximum atomic E-state index is 12.2. The van der Waals surface area contributed by atoms with Crippen LogP contribution in [0.4, 0.5) is 0 Å². The van der Waals surface area contributed by atoms with Crippen LogP contribution >= 0.6 is 0 Å². The Labute approximate surface area is 161 Å². The third-order valence-corrected chi connectivity index (χ3v) is 4.52. The standard InChI is InChI=1S/C21H20O7/c22-17-12-11-16(28-20(25)15-9-5-2-6-10-15)18(23)21(17,26)13-27-19(24)14-7-3-1-4-8-14/h1-12,16-18,22-23,26H,13H2/t16-,17+,18-,21+/m1/s1. The Kier molecular flexibility index (Phi) is 5.89. The number of carbonyl (C=O) groups is 2. The summed E-state index contributed by atoms with van der Waals surface area (Å²) in [6, 6.07) is 16.2. The van der Waals surface area contributed by atoms with Gasteiger partial charge in [0.15, 0.2) is 5.60 Å². The van der Waals surface area contributed by atoms with Crippen LogP contribution in [0, 0.1) is 0 Å². The van der Waals surface area contributed by atoms with Crippen molar-refractivity contribution in [2.24, 2.45) is 0 Å². The predicted molar refractivity (Wildman–Crippen MR) is 98.5 cm³/mol. The Morgan fingerprint density at radius 3 is 1.96 bits per heavy atom. The number of aliphatic hydroxyl groups excluding tert-OH is 2. The van der Waals surface area contributed by atoms with E-state index in [-0.39, 0.29) is 11.1 Å². The minimum Gasteiger partial charge on any atom is -0.459 e. The Balaban J connectivity index is 1.69. The third-order valence-electron chi connectivity index (χ3n) is 4.52. The molecule has 2 aromatic rings. The van der Waals surface area contributed by atoms with Gasteiger partial charge in [0.1, 0.15) is 24.9 Å². The summed E-state index contributed by atoms with van der Waals surface area (Å²) in [6.07, 6.45) is -1.98. The second-order valence-corrected chi connectivity index (χ2v) is 6.44. The molecule has 3 rings (SSSR count). The SMILES string of the molecule is O=C(OC[C@@]1(O)[C@H](O)[C@H](OC(=O)c2ccccc2)C=C[C@@H]1O)c1ccccc1. The van der Waals surface area contributed by atoms with E-state index in [2.05, 4.69) is 0 Å². The Hall–Kier alpha value is -3.00. The second-order valence-electron chi connectivity index (χ2n) is 6.44. The minimum atomic E-state index is -2.24. The van der Waals surface area contributed by atoms with Crippen LogP contribution in [0.25, 0.3) is 0 Å². The molecule has 3 N–H and O–H groups in total. The first-order valence-corrected chi connectivity index (χ1v) is 8.67. The van der Waals surface area contributed by atoms with Crippen LogP contribution in [0.3, 0.4) is 0 Å². The number of hydrogen-bond acceptors (Lipinski definition) is 7. The summed E-state index contributed by atoms with van der Waals surface area (Å²) in [5.74, 6) is -1.42. The number of rotatable bonds is 5. The predicted octanol–water partition coefficient (Wildman–Crippen LogP) is 1.09. The molecule has 0 saturated carbocycles. The van der Waals surface area contributed by atoms with Crippen molar-refractivity contribution in [3.63, 3.8) is 0 Å². The van der Waals surface area contributed by atoms with Crippen LogP contribution in [-0.4, -0.2) is 57.8 Å². The highest BCUT2D eigenvalue weighted by Crippen LogP contribution is 2.28. The topological polar surface area (TPSA) is 113 Å². The van der Waals surface area contributed by atoms with Crippen molar-refractivity contribution >= 4 is 11.9 Å². The summed E-state index contributed by atoms with van der Waals surface area (Å²) < 4.78 is 10.3. The molecule has 28 heavy (non-hydrogen) atoms. The molecule has 7 nitrogen and oxygen atoms in total. The van der Waals surface area contributed by atoms with E-state index in [1.165, 1.54) is 24.3 Å². The van der Waals surface area contributed by atoms with Gasteiger partial charge in [-0.05, 0) is 30.3 Å². The Morgan fingerprint density at radius 2 is 1.39 bits per heavy atom. The van der Waals surface area contributed by atoms with Crippen molar-refractivity contribution in [3.8, 4) is 0 Å². The fraction of sp³-hybridized carbons (Fsp3) is 0.238. The highest BCUT2D eigenvalue weighted by atomic mass is 16.6. The van der Waals surface area contributed by atoms with Crippen molar-refractivity contribution in [2.45, 2.75) is 23.9 Å². The summed E-state index contributed by atoms with van der Waals surface area (Å²) >= 11 is 0. The van der Waals surface area contributed by atoms with Crippen LogP contribution < -0.4 is 0 Å². The van der Waals surface area contributed by atoms with Gasteiger partial charge in [0.05, 0.1) is 11.1 Å². The zero-order chi connectivity index (χ0) is 20.1. The summed E-state index contributed by atoms with van der Waals surface area (Å²) in [4.78, 5) is 24.3. The number of aliphatic hydroxyl groups is 3. The van der Waals surface area contributed by atoms with Crippen molar-refractivity contribution in [3.05, 3.63) is 83.9 Å². The normalized spacial score (nSPS) is 26.5.